The van der Waals surface area contributed by atoms with E-state index >= 15 is 0 Å². The summed E-state index contributed by atoms with van der Waals surface area (Å²) < 4.78 is 0. The quantitative estimate of drug-likeness (QED) is 0.565. The van der Waals surface area contributed by atoms with Gasteiger partial charge in [0.2, 0.25) is 0 Å². The third-order valence-corrected chi connectivity index (χ3v) is 1.84. The van der Waals surface area contributed by atoms with E-state index in [1.54, 1.807) is 0 Å². The first kappa shape index (κ1) is 5.93. The number of fused-ring (bicyclic) bond motifs is 1. The molecule has 1 aliphatic carbocycles. The third kappa shape index (κ3) is 0.745. The van der Waals surface area contributed by atoms with Gasteiger partial charge in [-0.05, 0) is 17.5 Å². The highest BCUT2D eigenvalue weighted by molar-refractivity contribution is 5.36. The van der Waals surface area contributed by atoms with E-state index in [1.165, 1.54) is 5.56 Å². The molecule has 1 aromatic carbocycles. The van der Waals surface area contributed by atoms with Crippen LogP contribution in [0.1, 0.15) is 17.2 Å². The molecule has 1 aromatic rings. The molecule has 0 aromatic heterocycles. The summed E-state index contributed by atoms with van der Waals surface area (Å²) in [6.45, 7) is 0. The minimum atomic E-state index is -0.448. The summed E-state index contributed by atoms with van der Waals surface area (Å²) in [7, 11) is 0. The Hall–Kier alpha value is -0.820. The molecule has 0 bridgehead atoms. The van der Waals surface area contributed by atoms with Gasteiger partial charge in [-0.15, -0.1) is 0 Å². The van der Waals surface area contributed by atoms with E-state index in [9.17, 15) is 5.11 Å². The second-order valence-corrected chi connectivity index (χ2v) is 2.48. The van der Waals surface area contributed by atoms with E-state index in [0.717, 1.165) is 12.0 Å². The van der Waals surface area contributed by atoms with Crippen molar-refractivity contribution in [1.82, 2.24) is 0 Å². The zero-order chi connectivity index (χ0) is 6.97. The zero-order valence-electron chi connectivity index (χ0n) is 5.54. The molecular weight excluding hydrogens is 124 g/mol. The molecular formula is C9H8O. The molecule has 0 amide bonds. The Morgan fingerprint density at radius 1 is 1.40 bits per heavy atom. The average Bonchev–Trinajstić information content (AvgIpc) is 2.34. The lowest BCUT2D eigenvalue weighted by molar-refractivity contribution is 0.217. The minimum absolute atomic E-state index is 0.448. The smallest absolute Gasteiger partial charge is 0.0865 e. The highest BCUT2D eigenvalue weighted by atomic mass is 16.3. The van der Waals surface area contributed by atoms with Crippen molar-refractivity contribution >= 4 is 0 Å². The summed E-state index contributed by atoms with van der Waals surface area (Å²) in [6, 6.07) is 7.90. The van der Waals surface area contributed by atoms with E-state index in [1.807, 2.05) is 24.3 Å². The van der Waals surface area contributed by atoms with Crippen LogP contribution in [0.2, 0.25) is 0 Å². The molecule has 0 heterocycles. The van der Waals surface area contributed by atoms with E-state index in [0.29, 0.717) is 0 Å². The first-order valence-electron chi connectivity index (χ1n) is 3.37. The molecule has 0 spiro atoms. The fourth-order valence-corrected chi connectivity index (χ4v) is 1.28. The number of hydrogen-bond acceptors (Lipinski definition) is 1. The van der Waals surface area contributed by atoms with E-state index in [2.05, 4.69) is 6.42 Å². The molecule has 1 N–H and O–H groups in total. The van der Waals surface area contributed by atoms with E-state index in [4.69, 9.17) is 0 Å². The Morgan fingerprint density at radius 3 is 3.00 bits per heavy atom. The van der Waals surface area contributed by atoms with Gasteiger partial charge in [0.25, 0.3) is 0 Å². The van der Waals surface area contributed by atoms with Gasteiger partial charge in [0, 0.05) is 6.42 Å². The van der Waals surface area contributed by atoms with Crippen LogP contribution in [0.4, 0.5) is 0 Å². The summed E-state index contributed by atoms with van der Waals surface area (Å²) >= 11 is 0. The number of rotatable bonds is 0. The monoisotopic (exact) mass is 132 g/mol. The van der Waals surface area contributed by atoms with Crippen molar-refractivity contribution in [3.8, 4) is 0 Å². The summed E-state index contributed by atoms with van der Waals surface area (Å²) in [5, 5.41) is 9.27. The molecule has 0 fully saturated rings. The van der Waals surface area contributed by atoms with Crippen LogP contribution in [-0.4, -0.2) is 5.11 Å². The van der Waals surface area contributed by atoms with Gasteiger partial charge in [-0.2, -0.15) is 0 Å². The Labute approximate surface area is 60.3 Å². The average molecular weight is 132 g/mol. The third-order valence-electron chi connectivity index (χ3n) is 1.84. The van der Waals surface area contributed by atoms with Gasteiger partial charge < -0.3 is 5.11 Å². The fraction of sp³-hybridized carbons (Fsp3) is 0.222. The Morgan fingerprint density at radius 2 is 2.20 bits per heavy atom. The van der Waals surface area contributed by atoms with Crippen molar-refractivity contribution in [2.24, 2.45) is 0 Å². The van der Waals surface area contributed by atoms with Crippen LogP contribution in [0.25, 0.3) is 0 Å². The molecule has 1 atom stereocenters. The summed E-state index contributed by atoms with van der Waals surface area (Å²) in [5.74, 6) is 0. The second kappa shape index (κ2) is 2.10. The predicted molar refractivity (Wildman–Crippen MR) is 38.3 cm³/mol. The van der Waals surface area contributed by atoms with Crippen molar-refractivity contribution < 1.29 is 5.11 Å². The van der Waals surface area contributed by atoms with Gasteiger partial charge >= 0.3 is 0 Å². The van der Waals surface area contributed by atoms with Gasteiger partial charge in [-0.25, -0.2) is 0 Å². The van der Waals surface area contributed by atoms with Gasteiger partial charge in [-0.1, -0.05) is 24.3 Å². The first-order chi connectivity index (χ1) is 4.88. The Bertz CT molecular complexity index is 242. The van der Waals surface area contributed by atoms with Crippen molar-refractivity contribution in [3.63, 3.8) is 0 Å². The summed E-state index contributed by atoms with van der Waals surface area (Å²) in [4.78, 5) is 0. The zero-order valence-corrected chi connectivity index (χ0v) is 5.54. The molecule has 0 saturated carbocycles. The van der Waals surface area contributed by atoms with Gasteiger partial charge in [0.1, 0.15) is 0 Å². The van der Waals surface area contributed by atoms with Gasteiger partial charge in [-0.3, -0.25) is 0 Å². The molecule has 1 heteroatoms. The SMILES string of the molecule is O[C@H]1[C]Cc2ccccc21. The largest absolute Gasteiger partial charge is 0.388 e. The molecule has 0 saturated heterocycles. The maximum Gasteiger partial charge on any atom is 0.0865 e. The van der Waals surface area contributed by atoms with Crippen LogP contribution in [-0.2, 0) is 6.42 Å². The molecule has 50 valence electrons. The van der Waals surface area contributed by atoms with Crippen molar-refractivity contribution in [3.05, 3.63) is 41.8 Å². The molecule has 2 rings (SSSR count). The highest BCUT2D eigenvalue weighted by Gasteiger charge is 2.19. The maximum atomic E-state index is 9.27. The molecule has 2 radical (unpaired) electrons. The van der Waals surface area contributed by atoms with Crippen LogP contribution in [0, 0.1) is 6.42 Å². The lowest BCUT2D eigenvalue weighted by Crippen LogP contribution is -1.88. The maximum absolute atomic E-state index is 9.27. The minimum Gasteiger partial charge on any atom is -0.388 e. The van der Waals surface area contributed by atoms with Crippen molar-refractivity contribution in [2.75, 3.05) is 0 Å². The highest BCUT2D eigenvalue weighted by Crippen LogP contribution is 2.29. The molecule has 10 heavy (non-hydrogen) atoms. The topological polar surface area (TPSA) is 20.2 Å². The van der Waals surface area contributed by atoms with Gasteiger partial charge in [0.15, 0.2) is 0 Å². The van der Waals surface area contributed by atoms with Gasteiger partial charge in [0.05, 0.1) is 6.10 Å². The summed E-state index contributed by atoms with van der Waals surface area (Å²) in [6.07, 6.45) is 3.28. The number of benzene rings is 1. The number of aliphatic hydroxyl groups excluding tert-OH is 1. The normalized spacial score (nSPS) is 22.7. The standard InChI is InChI=1S/C9H8O/c10-9-6-5-7-3-1-2-4-8(7)9/h1-4,9-10H,5H2/t9-/m0/s1. The summed E-state index contributed by atoms with van der Waals surface area (Å²) in [5.41, 5.74) is 2.22. The molecule has 1 aliphatic rings. The van der Waals surface area contributed by atoms with Crippen molar-refractivity contribution in [2.45, 2.75) is 12.5 Å². The number of aliphatic hydroxyl groups is 1. The van der Waals surface area contributed by atoms with Crippen LogP contribution < -0.4 is 0 Å². The lowest BCUT2D eigenvalue weighted by Gasteiger charge is -2.00. The van der Waals surface area contributed by atoms with Crippen molar-refractivity contribution in [1.29, 1.82) is 0 Å². The van der Waals surface area contributed by atoms with Crippen LogP contribution in [0.3, 0.4) is 0 Å². The first-order valence-corrected chi connectivity index (χ1v) is 3.37. The number of hydrogen-bond donors (Lipinski definition) is 1. The Kier molecular flexibility index (Phi) is 1.24. The molecule has 1 nitrogen and oxygen atoms in total. The fourth-order valence-electron chi connectivity index (χ4n) is 1.28. The second-order valence-electron chi connectivity index (χ2n) is 2.48. The lowest BCUT2D eigenvalue weighted by atomic mass is 10.1. The van der Waals surface area contributed by atoms with E-state index < -0.39 is 6.10 Å². The molecule has 0 unspecified atom stereocenters. The van der Waals surface area contributed by atoms with Crippen LogP contribution in [0.15, 0.2) is 24.3 Å². The van der Waals surface area contributed by atoms with Crippen LogP contribution >= 0.6 is 0 Å². The Balaban J connectivity index is 2.51. The van der Waals surface area contributed by atoms with Crippen LogP contribution in [0.5, 0.6) is 0 Å². The predicted octanol–water partition coefficient (Wildman–Crippen LogP) is 1.36. The van der Waals surface area contributed by atoms with E-state index in [-0.39, 0.29) is 0 Å². The molecule has 0 aliphatic heterocycles.